The van der Waals surface area contributed by atoms with Gasteiger partial charge in [0.05, 0.1) is 11.4 Å². The van der Waals surface area contributed by atoms with Crippen molar-refractivity contribution in [2.24, 2.45) is 0 Å². The minimum Gasteiger partial charge on any atom is -0.479 e. The van der Waals surface area contributed by atoms with Crippen molar-refractivity contribution in [3.63, 3.8) is 0 Å². The number of carbonyl (C=O) groups is 1. The van der Waals surface area contributed by atoms with Gasteiger partial charge in [0.15, 0.2) is 0 Å². The van der Waals surface area contributed by atoms with Crippen molar-refractivity contribution < 1.29 is 14.3 Å². The lowest BCUT2D eigenvalue weighted by atomic mass is 10.2. The minimum absolute atomic E-state index is 0.104. The zero-order valence-corrected chi connectivity index (χ0v) is 7.49. The van der Waals surface area contributed by atoms with Gasteiger partial charge >= 0.3 is 5.97 Å². The number of rotatable bonds is 3. The molecule has 0 saturated carbocycles. The number of nitrogens with zero attached hydrogens (tertiary/aromatic N) is 2. The van der Waals surface area contributed by atoms with Crippen LogP contribution in [0.4, 0.5) is 4.39 Å². The fourth-order valence-electron chi connectivity index (χ4n) is 1.15. The number of aryl methyl sites for hydroxylation is 2. The van der Waals surface area contributed by atoms with Gasteiger partial charge in [-0.25, -0.2) is 9.18 Å². The molecule has 0 aliphatic heterocycles. The third-order valence-electron chi connectivity index (χ3n) is 1.71. The van der Waals surface area contributed by atoms with Crippen LogP contribution >= 0.6 is 0 Å². The van der Waals surface area contributed by atoms with Gasteiger partial charge in [0.2, 0.25) is 6.17 Å². The molecule has 0 radical (unpaired) electrons. The van der Waals surface area contributed by atoms with Crippen LogP contribution in [0.2, 0.25) is 0 Å². The van der Waals surface area contributed by atoms with Crippen molar-refractivity contribution in [2.45, 2.75) is 26.6 Å². The Labute approximate surface area is 75.0 Å². The van der Waals surface area contributed by atoms with E-state index in [1.165, 1.54) is 10.7 Å². The third kappa shape index (κ3) is 1.85. The molecule has 0 bridgehead atoms. The molecule has 0 aliphatic carbocycles. The van der Waals surface area contributed by atoms with Gasteiger partial charge in [0.1, 0.15) is 0 Å². The standard InChI is InChI=1S/C8H11FN2O2/c1-3-11-6(4-5(2)10-11)7(9)8(12)13/h4,7H,3H2,1-2H3,(H,12,13). The molecule has 1 aromatic rings. The second kappa shape index (κ2) is 3.55. The number of carboxylic acid groups (broad SMARTS) is 1. The van der Waals surface area contributed by atoms with Gasteiger partial charge in [0.25, 0.3) is 0 Å². The molecule has 1 heterocycles. The largest absolute Gasteiger partial charge is 0.479 e. The topological polar surface area (TPSA) is 55.1 Å². The van der Waals surface area contributed by atoms with Gasteiger partial charge in [-0.05, 0) is 19.9 Å². The lowest BCUT2D eigenvalue weighted by Gasteiger charge is -2.04. The number of hydrogen-bond acceptors (Lipinski definition) is 2. The summed E-state index contributed by atoms with van der Waals surface area (Å²) < 4.78 is 14.4. The molecule has 1 N–H and O–H groups in total. The summed E-state index contributed by atoms with van der Waals surface area (Å²) in [6.45, 7) is 3.95. The third-order valence-corrected chi connectivity index (χ3v) is 1.71. The van der Waals surface area contributed by atoms with Crippen LogP contribution in [-0.4, -0.2) is 20.9 Å². The van der Waals surface area contributed by atoms with Crippen LogP contribution in [0.3, 0.4) is 0 Å². The van der Waals surface area contributed by atoms with Crippen LogP contribution < -0.4 is 0 Å². The molecule has 0 saturated heterocycles. The molecule has 1 unspecified atom stereocenters. The first-order valence-corrected chi connectivity index (χ1v) is 3.97. The number of hydrogen-bond donors (Lipinski definition) is 1. The lowest BCUT2D eigenvalue weighted by molar-refractivity contribution is -0.143. The van der Waals surface area contributed by atoms with E-state index in [-0.39, 0.29) is 5.69 Å². The van der Waals surface area contributed by atoms with Crippen molar-refractivity contribution in [1.82, 2.24) is 9.78 Å². The van der Waals surface area contributed by atoms with Gasteiger partial charge in [-0.3, -0.25) is 4.68 Å². The Balaban J connectivity index is 3.05. The number of carboxylic acids is 1. The molecule has 1 rings (SSSR count). The molecule has 13 heavy (non-hydrogen) atoms. The Morgan fingerprint density at radius 3 is 2.92 bits per heavy atom. The van der Waals surface area contributed by atoms with Gasteiger partial charge in [0, 0.05) is 6.54 Å². The van der Waals surface area contributed by atoms with E-state index in [0.29, 0.717) is 12.2 Å². The van der Waals surface area contributed by atoms with Crippen molar-refractivity contribution in [2.75, 3.05) is 0 Å². The van der Waals surface area contributed by atoms with Gasteiger partial charge < -0.3 is 5.11 Å². The average molecular weight is 186 g/mol. The van der Waals surface area contributed by atoms with Gasteiger partial charge in [-0.1, -0.05) is 0 Å². The smallest absolute Gasteiger partial charge is 0.344 e. The molecule has 72 valence electrons. The van der Waals surface area contributed by atoms with E-state index in [9.17, 15) is 9.18 Å². The fourth-order valence-corrected chi connectivity index (χ4v) is 1.15. The number of aromatic nitrogens is 2. The van der Waals surface area contributed by atoms with Crippen molar-refractivity contribution in [3.05, 3.63) is 17.5 Å². The van der Waals surface area contributed by atoms with Gasteiger partial charge in [-0.2, -0.15) is 5.10 Å². The Morgan fingerprint density at radius 1 is 1.85 bits per heavy atom. The fraction of sp³-hybridized carbons (Fsp3) is 0.500. The molecule has 5 heteroatoms. The van der Waals surface area contributed by atoms with Crippen LogP contribution in [0.1, 0.15) is 24.5 Å². The quantitative estimate of drug-likeness (QED) is 0.774. The summed E-state index contributed by atoms with van der Waals surface area (Å²) in [6, 6.07) is 1.45. The predicted octanol–water partition coefficient (Wildman–Crippen LogP) is 1.31. The SMILES string of the molecule is CCn1nc(C)cc1C(F)C(=O)O. The van der Waals surface area contributed by atoms with Crippen LogP contribution in [0, 0.1) is 6.92 Å². The zero-order valence-electron chi connectivity index (χ0n) is 7.49. The highest BCUT2D eigenvalue weighted by Gasteiger charge is 2.22. The molecule has 1 aromatic heterocycles. The predicted molar refractivity (Wildman–Crippen MR) is 44.1 cm³/mol. The molecular weight excluding hydrogens is 175 g/mol. The van der Waals surface area contributed by atoms with E-state index in [1.807, 2.05) is 0 Å². The summed E-state index contributed by atoms with van der Waals surface area (Å²) in [5.41, 5.74) is 0.730. The van der Waals surface area contributed by atoms with E-state index in [2.05, 4.69) is 5.10 Å². The highest BCUT2D eigenvalue weighted by atomic mass is 19.1. The van der Waals surface area contributed by atoms with Crippen LogP contribution in [0.5, 0.6) is 0 Å². The average Bonchev–Trinajstić information content (AvgIpc) is 2.45. The number of halogens is 1. The zero-order chi connectivity index (χ0) is 10.0. The second-order valence-corrected chi connectivity index (χ2v) is 2.73. The highest BCUT2D eigenvalue weighted by Crippen LogP contribution is 2.18. The summed E-state index contributed by atoms with van der Waals surface area (Å²) in [6.07, 6.45) is -1.99. The first-order chi connectivity index (χ1) is 6.06. The molecule has 0 aliphatic rings. The Kier molecular flexibility index (Phi) is 2.65. The first-order valence-electron chi connectivity index (χ1n) is 3.97. The monoisotopic (exact) mass is 186 g/mol. The maximum absolute atomic E-state index is 13.1. The molecule has 0 spiro atoms. The summed E-state index contributed by atoms with van der Waals surface area (Å²) in [5.74, 6) is -1.48. The van der Waals surface area contributed by atoms with Crippen molar-refractivity contribution in [3.8, 4) is 0 Å². The first kappa shape index (κ1) is 9.70. The van der Waals surface area contributed by atoms with Crippen LogP contribution in [0.25, 0.3) is 0 Å². The number of alkyl halides is 1. The van der Waals surface area contributed by atoms with E-state index in [0.717, 1.165) is 0 Å². The Bertz CT molecular complexity index is 322. The minimum atomic E-state index is -1.99. The summed E-state index contributed by atoms with van der Waals surface area (Å²) in [7, 11) is 0. The van der Waals surface area contributed by atoms with E-state index in [4.69, 9.17) is 5.11 Å². The number of aliphatic carboxylic acids is 1. The molecular formula is C8H11FN2O2. The molecule has 4 nitrogen and oxygen atoms in total. The molecule has 1 atom stereocenters. The van der Waals surface area contributed by atoms with Crippen LogP contribution in [0.15, 0.2) is 6.07 Å². The van der Waals surface area contributed by atoms with Crippen molar-refractivity contribution >= 4 is 5.97 Å². The Morgan fingerprint density at radius 2 is 2.46 bits per heavy atom. The normalized spacial score (nSPS) is 12.8. The summed E-state index contributed by atoms with van der Waals surface area (Å²) in [4.78, 5) is 10.4. The highest BCUT2D eigenvalue weighted by molar-refractivity contribution is 5.73. The Hall–Kier alpha value is -1.39. The lowest BCUT2D eigenvalue weighted by Crippen LogP contribution is -2.12. The van der Waals surface area contributed by atoms with E-state index >= 15 is 0 Å². The second-order valence-electron chi connectivity index (χ2n) is 2.73. The van der Waals surface area contributed by atoms with Crippen LogP contribution in [-0.2, 0) is 11.3 Å². The molecule has 0 fully saturated rings. The van der Waals surface area contributed by atoms with E-state index in [1.54, 1.807) is 13.8 Å². The summed E-state index contributed by atoms with van der Waals surface area (Å²) >= 11 is 0. The van der Waals surface area contributed by atoms with Gasteiger partial charge in [-0.15, -0.1) is 0 Å². The summed E-state index contributed by atoms with van der Waals surface area (Å²) in [5, 5.41) is 12.4. The van der Waals surface area contributed by atoms with Crippen molar-refractivity contribution in [1.29, 1.82) is 0 Å². The molecule has 0 aromatic carbocycles. The maximum Gasteiger partial charge on any atom is 0.344 e. The van der Waals surface area contributed by atoms with E-state index < -0.39 is 12.1 Å². The molecule has 0 amide bonds. The maximum atomic E-state index is 13.1.